The van der Waals surface area contributed by atoms with Crippen molar-refractivity contribution in [3.8, 4) is 0 Å². The van der Waals surface area contributed by atoms with Crippen LogP contribution in [-0.2, 0) is 6.42 Å². The lowest BCUT2D eigenvalue weighted by Crippen LogP contribution is -2.16. The SMILES string of the molecule is CN(c1ccccn1)c1ncccc1CC(c1cccnc1)c1cccnc1. The van der Waals surface area contributed by atoms with E-state index in [9.17, 15) is 0 Å². The molecule has 0 atom stereocenters. The zero-order chi connectivity index (χ0) is 19.2. The Bertz CT molecular complexity index is 967. The summed E-state index contributed by atoms with van der Waals surface area (Å²) >= 11 is 0. The van der Waals surface area contributed by atoms with Gasteiger partial charge < -0.3 is 4.90 Å². The molecule has 0 radical (unpaired) electrons. The summed E-state index contributed by atoms with van der Waals surface area (Å²) in [5, 5.41) is 0. The molecule has 0 saturated carbocycles. The van der Waals surface area contributed by atoms with Crippen molar-refractivity contribution in [3.63, 3.8) is 0 Å². The second-order valence-corrected chi connectivity index (χ2v) is 6.56. The number of hydrogen-bond donors (Lipinski definition) is 0. The summed E-state index contributed by atoms with van der Waals surface area (Å²) in [6, 6.07) is 18.2. The molecule has 4 rings (SSSR count). The summed E-state index contributed by atoms with van der Waals surface area (Å²) in [7, 11) is 2.00. The Labute approximate surface area is 164 Å². The maximum Gasteiger partial charge on any atom is 0.137 e. The fourth-order valence-corrected chi connectivity index (χ4v) is 3.36. The largest absolute Gasteiger partial charge is 0.314 e. The van der Waals surface area contributed by atoms with Crippen LogP contribution in [0.4, 0.5) is 11.6 Å². The van der Waals surface area contributed by atoms with E-state index in [4.69, 9.17) is 0 Å². The van der Waals surface area contributed by atoms with Crippen LogP contribution in [-0.4, -0.2) is 27.0 Å². The lowest BCUT2D eigenvalue weighted by Gasteiger charge is -2.23. The van der Waals surface area contributed by atoms with Crippen molar-refractivity contribution >= 4 is 11.6 Å². The van der Waals surface area contributed by atoms with Crippen molar-refractivity contribution in [3.05, 3.63) is 108 Å². The zero-order valence-electron chi connectivity index (χ0n) is 15.7. The van der Waals surface area contributed by atoms with Gasteiger partial charge in [0.25, 0.3) is 0 Å². The van der Waals surface area contributed by atoms with Gasteiger partial charge in [-0.15, -0.1) is 0 Å². The number of aromatic nitrogens is 4. The molecule has 5 heteroatoms. The summed E-state index contributed by atoms with van der Waals surface area (Å²) < 4.78 is 0. The Morgan fingerprint density at radius 2 is 1.43 bits per heavy atom. The van der Waals surface area contributed by atoms with Gasteiger partial charge in [-0.2, -0.15) is 0 Å². The van der Waals surface area contributed by atoms with Gasteiger partial charge in [0.2, 0.25) is 0 Å². The lowest BCUT2D eigenvalue weighted by atomic mass is 9.87. The Morgan fingerprint density at radius 3 is 2.04 bits per heavy atom. The molecule has 0 unspecified atom stereocenters. The number of pyridine rings is 4. The average molecular weight is 367 g/mol. The first-order valence-electron chi connectivity index (χ1n) is 9.21. The second kappa shape index (κ2) is 8.39. The van der Waals surface area contributed by atoms with Crippen molar-refractivity contribution in [2.24, 2.45) is 0 Å². The molecule has 0 N–H and O–H groups in total. The molecule has 0 aliphatic carbocycles. The molecule has 0 spiro atoms. The van der Waals surface area contributed by atoms with Crippen LogP contribution in [0.2, 0.25) is 0 Å². The highest BCUT2D eigenvalue weighted by Gasteiger charge is 2.19. The highest BCUT2D eigenvalue weighted by Crippen LogP contribution is 2.32. The Kier molecular flexibility index (Phi) is 5.33. The van der Waals surface area contributed by atoms with Crippen LogP contribution in [0.5, 0.6) is 0 Å². The summed E-state index contributed by atoms with van der Waals surface area (Å²) in [6.07, 6.45) is 11.9. The maximum atomic E-state index is 4.65. The van der Waals surface area contributed by atoms with Crippen molar-refractivity contribution in [2.75, 3.05) is 11.9 Å². The smallest absolute Gasteiger partial charge is 0.137 e. The molecule has 0 fully saturated rings. The molecule has 0 aliphatic heterocycles. The quantitative estimate of drug-likeness (QED) is 0.505. The van der Waals surface area contributed by atoms with Crippen LogP contribution in [0.3, 0.4) is 0 Å². The minimum Gasteiger partial charge on any atom is -0.314 e. The number of rotatable bonds is 6. The average Bonchev–Trinajstić information content (AvgIpc) is 2.79. The minimum absolute atomic E-state index is 0.141. The molecule has 0 saturated heterocycles. The Hall–Kier alpha value is -3.60. The highest BCUT2D eigenvalue weighted by atomic mass is 15.2. The van der Waals surface area contributed by atoms with Gasteiger partial charge in [-0.1, -0.05) is 24.3 Å². The van der Waals surface area contributed by atoms with E-state index >= 15 is 0 Å². The fraction of sp³-hybridized carbons (Fsp3) is 0.130. The Morgan fingerprint density at radius 1 is 0.750 bits per heavy atom. The first-order chi connectivity index (χ1) is 13.8. The topological polar surface area (TPSA) is 54.8 Å². The highest BCUT2D eigenvalue weighted by molar-refractivity contribution is 5.59. The number of nitrogens with zero attached hydrogens (tertiary/aromatic N) is 5. The van der Waals surface area contributed by atoms with Crippen LogP contribution in [0, 0.1) is 0 Å². The number of hydrogen-bond acceptors (Lipinski definition) is 5. The van der Waals surface area contributed by atoms with E-state index in [0.717, 1.165) is 34.7 Å². The molecular weight excluding hydrogens is 346 g/mol. The summed E-state index contributed by atoms with van der Waals surface area (Å²) in [6.45, 7) is 0. The van der Waals surface area contributed by atoms with E-state index in [-0.39, 0.29) is 5.92 Å². The molecule has 4 heterocycles. The lowest BCUT2D eigenvalue weighted by molar-refractivity contribution is 0.788. The van der Waals surface area contributed by atoms with Gasteiger partial charge in [-0.3, -0.25) is 9.97 Å². The van der Waals surface area contributed by atoms with Crippen LogP contribution in [0.1, 0.15) is 22.6 Å². The second-order valence-electron chi connectivity index (χ2n) is 6.56. The van der Waals surface area contributed by atoms with Crippen LogP contribution in [0.15, 0.2) is 91.8 Å². The van der Waals surface area contributed by atoms with E-state index in [0.29, 0.717) is 0 Å². The molecule has 5 nitrogen and oxygen atoms in total. The summed E-state index contributed by atoms with van der Waals surface area (Å²) in [5.41, 5.74) is 3.46. The van der Waals surface area contributed by atoms with Crippen molar-refractivity contribution in [1.29, 1.82) is 0 Å². The molecule has 0 aromatic carbocycles. The normalized spacial score (nSPS) is 10.8. The third-order valence-corrected chi connectivity index (χ3v) is 4.78. The predicted octanol–water partition coefficient (Wildman–Crippen LogP) is 4.41. The third-order valence-electron chi connectivity index (χ3n) is 4.78. The molecule has 28 heavy (non-hydrogen) atoms. The molecule has 0 amide bonds. The van der Waals surface area contributed by atoms with Gasteiger partial charge in [0.15, 0.2) is 0 Å². The standard InChI is InChI=1S/C23H21N5/c1-28(22-10-2-3-13-26-22)23-18(7-6-14-27-23)15-21(19-8-4-11-24-16-19)20-9-5-12-25-17-20/h2-14,16-17,21H,15H2,1H3. The van der Waals surface area contributed by atoms with E-state index in [1.807, 2.05) is 66.9 Å². The van der Waals surface area contributed by atoms with Gasteiger partial charge in [0.05, 0.1) is 0 Å². The van der Waals surface area contributed by atoms with Crippen molar-refractivity contribution in [2.45, 2.75) is 12.3 Å². The van der Waals surface area contributed by atoms with E-state index in [2.05, 4.69) is 38.1 Å². The van der Waals surface area contributed by atoms with Gasteiger partial charge in [-0.25, -0.2) is 9.97 Å². The molecule has 0 aliphatic rings. The van der Waals surface area contributed by atoms with E-state index in [1.54, 1.807) is 18.6 Å². The first kappa shape index (κ1) is 17.8. The minimum atomic E-state index is 0.141. The van der Waals surface area contributed by atoms with Crippen LogP contribution >= 0.6 is 0 Å². The van der Waals surface area contributed by atoms with Crippen LogP contribution in [0.25, 0.3) is 0 Å². The van der Waals surface area contributed by atoms with Gasteiger partial charge in [-0.05, 0) is 53.4 Å². The van der Waals surface area contributed by atoms with E-state index in [1.165, 1.54) is 0 Å². The van der Waals surface area contributed by atoms with E-state index < -0.39 is 0 Å². The molecule has 4 aromatic rings. The van der Waals surface area contributed by atoms with Crippen LogP contribution < -0.4 is 4.90 Å². The molecule has 4 aromatic heterocycles. The molecule has 138 valence electrons. The Balaban J connectivity index is 1.72. The van der Waals surface area contributed by atoms with Gasteiger partial charge in [0.1, 0.15) is 11.6 Å². The molecular formula is C23H21N5. The molecule has 0 bridgehead atoms. The first-order valence-corrected chi connectivity index (χ1v) is 9.21. The zero-order valence-corrected chi connectivity index (χ0v) is 15.7. The summed E-state index contributed by atoms with van der Waals surface area (Å²) in [5.74, 6) is 1.91. The third kappa shape index (κ3) is 3.88. The van der Waals surface area contributed by atoms with Gasteiger partial charge in [0, 0.05) is 50.1 Å². The van der Waals surface area contributed by atoms with Crippen molar-refractivity contribution in [1.82, 2.24) is 19.9 Å². The predicted molar refractivity (Wildman–Crippen MR) is 111 cm³/mol. The maximum absolute atomic E-state index is 4.65. The monoisotopic (exact) mass is 367 g/mol. The fourth-order valence-electron chi connectivity index (χ4n) is 3.36. The van der Waals surface area contributed by atoms with Crippen molar-refractivity contribution < 1.29 is 0 Å². The number of anilines is 2. The summed E-state index contributed by atoms with van der Waals surface area (Å²) in [4.78, 5) is 19.8. The van der Waals surface area contributed by atoms with Gasteiger partial charge >= 0.3 is 0 Å².